The van der Waals surface area contributed by atoms with Crippen LogP contribution in [0.4, 0.5) is 0 Å². The predicted octanol–water partition coefficient (Wildman–Crippen LogP) is 1.43. The zero-order chi connectivity index (χ0) is 10.6. The quantitative estimate of drug-likeness (QED) is 0.818. The van der Waals surface area contributed by atoms with Crippen molar-refractivity contribution in [2.75, 3.05) is 13.6 Å². The number of aliphatic hydroxyl groups excluding tert-OH is 1. The van der Waals surface area contributed by atoms with Crippen LogP contribution in [0.2, 0.25) is 0 Å². The first-order valence-electron chi connectivity index (χ1n) is 4.46. The summed E-state index contributed by atoms with van der Waals surface area (Å²) in [6.45, 7) is 3.21. The summed E-state index contributed by atoms with van der Waals surface area (Å²) >= 11 is 1.58. The van der Waals surface area contributed by atoms with Gasteiger partial charge in [0.15, 0.2) is 0 Å². The van der Waals surface area contributed by atoms with E-state index in [1.54, 1.807) is 18.3 Å². The standard InChI is InChI=1S/C10H14N2OS/c1-8(13)5-12(2)6-10-3-9(4-11)7-14-10/h3,7-8,13H,5-6H2,1-2H3/t8-/m1/s1. The molecule has 0 spiro atoms. The molecule has 1 aromatic rings. The van der Waals surface area contributed by atoms with Crippen molar-refractivity contribution < 1.29 is 5.11 Å². The van der Waals surface area contributed by atoms with Crippen LogP contribution in [0, 0.1) is 11.3 Å². The average Bonchev–Trinajstić information content (AvgIpc) is 2.50. The van der Waals surface area contributed by atoms with Crippen LogP contribution in [-0.4, -0.2) is 29.7 Å². The molecule has 1 heterocycles. The molecule has 1 aromatic heterocycles. The van der Waals surface area contributed by atoms with Crippen LogP contribution in [0.3, 0.4) is 0 Å². The number of nitriles is 1. The molecule has 0 bridgehead atoms. The first-order chi connectivity index (χ1) is 6.61. The van der Waals surface area contributed by atoms with E-state index < -0.39 is 0 Å². The van der Waals surface area contributed by atoms with Gasteiger partial charge in [-0.2, -0.15) is 5.26 Å². The average molecular weight is 210 g/mol. The minimum absolute atomic E-state index is 0.310. The Bertz CT molecular complexity index is 327. The van der Waals surface area contributed by atoms with Gasteiger partial charge in [-0.3, -0.25) is 4.90 Å². The second-order valence-corrected chi connectivity index (χ2v) is 4.46. The molecular weight excluding hydrogens is 196 g/mol. The minimum atomic E-state index is -0.310. The molecule has 0 aliphatic rings. The third kappa shape index (κ3) is 3.46. The van der Waals surface area contributed by atoms with Crippen molar-refractivity contribution in [3.63, 3.8) is 0 Å². The van der Waals surface area contributed by atoms with Crippen LogP contribution in [-0.2, 0) is 6.54 Å². The van der Waals surface area contributed by atoms with E-state index in [0.717, 1.165) is 17.0 Å². The Labute approximate surface area is 88.2 Å². The van der Waals surface area contributed by atoms with Gasteiger partial charge in [0.05, 0.1) is 11.7 Å². The summed E-state index contributed by atoms with van der Waals surface area (Å²) in [7, 11) is 1.96. The molecule has 0 amide bonds. The third-order valence-corrected chi connectivity index (χ3v) is 2.71. The molecule has 4 heteroatoms. The molecule has 0 radical (unpaired) electrons. The highest BCUT2D eigenvalue weighted by atomic mass is 32.1. The van der Waals surface area contributed by atoms with Crippen LogP contribution in [0.15, 0.2) is 11.4 Å². The lowest BCUT2D eigenvalue weighted by atomic mass is 10.3. The van der Waals surface area contributed by atoms with Crippen molar-refractivity contribution in [1.29, 1.82) is 5.26 Å². The van der Waals surface area contributed by atoms with E-state index in [1.165, 1.54) is 0 Å². The highest BCUT2D eigenvalue weighted by Gasteiger charge is 2.05. The Morgan fingerprint density at radius 2 is 2.43 bits per heavy atom. The summed E-state index contributed by atoms with van der Waals surface area (Å²) in [5, 5.41) is 19.6. The number of nitrogens with zero attached hydrogens (tertiary/aromatic N) is 2. The summed E-state index contributed by atoms with van der Waals surface area (Å²) in [6, 6.07) is 4.00. The fourth-order valence-corrected chi connectivity index (χ4v) is 2.19. The first kappa shape index (κ1) is 11.2. The lowest BCUT2D eigenvalue weighted by Gasteiger charge is -2.16. The maximum atomic E-state index is 9.16. The number of likely N-dealkylation sites (N-methyl/N-ethyl adjacent to an activating group) is 1. The Morgan fingerprint density at radius 3 is 2.93 bits per heavy atom. The van der Waals surface area contributed by atoms with Gasteiger partial charge in [0.1, 0.15) is 6.07 Å². The molecular formula is C10H14N2OS. The summed E-state index contributed by atoms with van der Waals surface area (Å²) in [4.78, 5) is 3.20. The van der Waals surface area contributed by atoms with Crippen molar-refractivity contribution in [3.05, 3.63) is 21.9 Å². The number of hydrogen-bond acceptors (Lipinski definition) is 4. The van der Waals surface area contributed by atoms with Gasteiger partial charge in [-0.15, -0.1) is 11.3 Å². The van der Waals surface area contributed by atoms with Gasteiger partial charge < -0.3 is 5.11 Å². The van der Waals surface area contributed by atoms with Crippen LogP contribution in [0.1, 0.15) is 17.4 Å². The van der Waals surface area contributed by atoms with Crippen molar-refractivity contribution in [1.82, 2.24) is 4.90 Å². The van der Waals surface area contributed by atoms with Gasteiger partial charge in [-0.25, -0.2) is 0 Å². The maximum Gasteiger partial charge on any atom is 0.100 e. The smallest absolute Gasteiger partial charge is 0.100 e. The number of aliphatic hydroxyl groups is 1. The number of thiophene rings is 1. The van der Waals surface area contributed by atoms with Crippen molar-refractivity contribution in [3.8, 4) is 6.07 Å². The first-order valence-corrected chi connectivity index (χ1v) is 5.34. The number of rotatable bonds is 4. The normalized spacial score (nSPS) is 12.8. The van der Waals surface area contributed by atoms with Crippen molar-refractivity contribution in [2.24, 2.45) is 0 Å². The molecule has 0 saturated heterocycles. The highest BCUT2D eigenvalue weighted by molar-refractivity contribution is 7.10. The third-order valence-electron chi connectivity index (χ3n) is 1.78. The van der Waals surface area contributed by atoms with Crippen LogP contribution in [0.25, 0.3) is 0 Å². The molecule has 0 unspecified atom stereocenters. The van der Waals surface area contributed by atoms with E-state index >= 15 is 0 Å². The van der Waals surface area contributed by atoms with E-state index in [-0.39, 0.29) is 6.10 Å². The second kappa shape index (κ2) is 5.11. The van der Waals surface area contributed by atoms with Gasteiger partial charge in [0.25, 0.3) is 0 Å². The van der Waals surface area contributed by atoms with Gasteiger partial charge in [-0.05, 0) is 20.0 Å². The van der Waals surface area contributed by atoms with Crippen LogP contribution >= 0.6 is 11.3 Å². The Morgan fingerprint density at radius 1 is 1.71 bits per heavy atom. The molecule has 3 nitrogen and oxygen atoms in total. The molecule has 14 heavy (non-hydrogen) atoms. The molecule has 0 fully saturated rings. The second-order valence-electron chi connectivity index (χ2n) is 3.46. The van der Waals surface area contributed by atoms with E-state index in [1.807, 2.05) is 23.4 Å². The SMILES string of the molecule is C[C@@H](O)CN(C)Cc1cc(C#N)cs1. The fraction of sp³-hybridized carbons (Fsp3) is 0.500. The monoisotopic (exact) mass is 210 g/mol. The Balaban J connectivity index is 2.48. The van der Waals surface area contributed by atoms with E-state index in [0.29, 0.717) is 6.54 Å². The maximum absolute atomic E-state index is 9.16. The van der Waals surface area contributed by atoms with E-state index in [2.05, 4.69) is 6.07 Å². The summed E-state index contributed by atoms with van der Waals surface area (Å²) in [6.07, 6.45) is -0.310. The molecule has 0 aromatic carbocycles. The van der Waals surface area contributed by atoms with Gasteiger partial charge in [0.2, 0.25) is 0 Å². The fourth-order valence-electron chi connectivity index (χ4n) is 1.30. The summed E-state index contributed by atoms with van der Waals surface area (Å²) in [5.41, 5.74) is 0.718. The predicted molar refractivity (Wildman–Crippen MR) is 57.0 cm³/mol. The lowest BCUT2D eigenvalue weighted by Crippen LogP contribution is -2.26. The lowest BCUT2D eigenvalue weighted by molar-refractivity contribution is 0.139. The highest BCUT2D eigenvalue weighted by Crippen LogP contribution is 2.15. The van der Waals surface area contributed by atoms with Crippen molar-refractivity contribution in [2.45, 2.75) is 19.6 Å². The zero-order valence-electron chi connectivity index (χ0n) is 8.40. The molecule has 0 aliphatic carbocycles. The molecule has 1 N–H and O–H groups in total. The summed E-state index contributed by atoms with van der Waals surface area (Å²) < 4.78 is 0. The summed E-state index contributed by atoms with van der Waals surface area (Å²) in [5.74, 6) is 0. The molecule has 1 atom stereocenters. The van der Waals surface area contributed by atoms with E-state index in [9.17, 15) is 0 Å². The van der Waals surface area contributed by atoms with Crippen LogP contribution < -0.4 is 0 Å². The Kier molecular flexibility index (Phi) is 4.08. The molecule has 1 rings (SSSR count). The topological polar surface area (TPSA) is 47.3 Å². The largest absolute Gasteiger partial charge is 0.392 e. The Hall–Kier alpha value is -0.890. The van der Waals surface area contributed by atoms with Gasteiger partial charge in [-0.1, -0.05) is 0 Å². The molecule has 76 valence electrons. The van der Waals surface area contributed by atoms with Gasteiger partial charge in [0, 0.05) is 23.3 Å². The van der Waals surface area contributed by atoms with Gasteiger partial charge >= 0.3 is 0 Å². The van der Waals surface area contributed by atoms with Crippen molar-refractivity contribution >= 4 is 11.3 Å². The molecule has 0 saturated carbocycles. The minimum Gasteiger partial charge on any atom is -0.392 e. The molecule has 0 aliphatic heterocycles. The zero-order valence-corrected chi connectivity index (χ0v) is 9.21. The van der Waals surface area contributed by atoms with E-state index in [4.69, 9.17) is 10.4 Å². The number of hydrogen-bond donors (Lipinski definition) is 1. The van der Waals surface area contributed by atoms with Crippen LogP contribution in [0.5, 0.6) is 0 Å².